The molecule has 0 radical (unpaired) electrons. The quantitative estimate of drug-likeness (QED) is 0.117. The van der Waals surface area contributed by atoms with Gasteiger partial charge in [-0.15, -0.1) is 0 Å². The molecule has 0 saturated carbocycles. The number of amides is 4. The second kappa shape index (κ2) is 21.4. The maximum atomic E-state index is 11.6. The van der Waals surface area contributed by atoms with Gasteiger partial charge in [0.25, 0.3) is 0 Å². The van der Waals surface area contributed by atoms with Crippen LogP contribution in [0.1, 0.15) is 83.5 Å². The van der Waals surface area contributed by atoms with Crippen molar-refractivity contribution in [3.63, 3.8) is 0 Å². The molecule has 4 amide bonds. The molecule has 0 unspecified atom stereocenters. The van der Waals surface area contributed by atoms with E-state index < -0.39 is 23.8 Å². The van der Waals surface area contributed by atoms with Crippen LogP contribution in [0.3, 0.4) is 0 Å². The van der Waals surface area contributed by atoms with Gasteiger partial charge in [0.1, 0.15) is 0 Å². The molecule has 0 aromatic carbocycles. The Bertz CT molecular complexity index is 628. The average Bonchev–Trinajstić information content (AvgIpc) is 2.81. The van der Waals surface area contributed by atoms with Crippen molar-refractivity contribution in [1.29, 1.82) is 0 Å². The van der Waals surface area contributed by atoms with Gasteiger partial charge in [-0.2, -0.15) is 0 Å². The largest absolute Gasteiger partial charge is 0.481 e. The summed E-state index contributed by atoms with van der Waals surface area (Å²) in [5, 5.41) is 27.2. The van der Waals surface area contributed by atoms with Crippen LogP contribution in [0.2, 0.25) is 0 Å². The summed E-state index contributed by atoms with van der Waals surface area (Å²) in [6.07, 6.45) is 8.46. The molecule has 0 bridgehead atoms. The third kappa shape index (κ3) is 23.8. The van der Waals surface area contributed by atoms with Crippen molar-refractivity contribution < 1.29 is 39.0 Å². The topological polar surface area (TPSA) is 191 Å². The lowest BCUT2D eigenvalue weighted by Gasteiger charge is -2.07. The van der Waals surface area contributed by atoms with Gasteiger partial charge < -0.3 is 31.5 Å². The lowest BCUT2D eigenvalue weighted by molar-refractivity contribution is -0.139. The number of aliphatic carboxylic acids is 2. The maximum absolute atomic E-state index is 11.6. The lowest BCUT2D eigenvalue weighted by atomic mass is 10.1. The summed E-state index contributed by atoms with van der Waals surface area (Å²) in [6, 6.07) is 0. The predicted octanol–water partition coefficient (Wildman–Crippen LogP) is 0.692. The van der Waals surface area contributed by atoms with Crippen LogP contribution in [0.4, 0.5) is 0 Å². The normalized spacial score (nSPS) is 10.3. The van der Waals surface area contributed by atoms with Crippen LogP contribution in [0, 0.1) is 0 Å². The molecule has 35 heavy (non-hydrogen) atoms. The number of rotatable bonds is 22. The minimum absolute atomic E-state index is 0.140. The Hall–Kier alpha value is -3.18. The summed E-state index contributed by atoms with van der Waals surface area (Å²) in [7, 11) is 0. The molecular formula is C23H40N4O8. The molecule has 0 rings (SSSR count). The van der Waals surface area contributed by atoms with E-state index >= 15 is 0 Å². The van der Waals surface area contributed by atoms with E-state index in [4.69, 9.17) is 10.2 Å². The van der Waals surface area contributed by atoms with E-state index in [2.05, 4.69) is 21.3 Å². The molecule has 0 aliphatic heterocycles. The van der Waals surface area contributed by atoms with Crippen molar-refractivity contribution in [2.45, 2.75) is 83.5 Å². The summed E-state index contributed by atoms with van der Waals surface area (Å²) >= 11 is 0. The van der Waals surface area contributed by atoms with Gasteiger partial charge in [-0.25, -0.2) is 0 Å². The van der Waals surface area contributed by atoms with Crippen LogP contribution >= 0.6 is 0 Å². The van der Waals surface area contributed by atoms with E-state index in [1.165, 1.54) is 0 Å². The third-order valence-electron chi connectivity index (χ3n) is 5.02. The number of hydrogen-bond acceptors (Lipinski definition) is 6. The fourth-order valence-corrected chi connectivity index (χ4v) is 3.04. The second-order valence-corrected chi connectivity index (χ2v) is 8.22. The molecule has 0 atom stereocenters. The summed E-state index contributed by atoms with van der Waals surface area (Å²) in [4.78, 5) is 66.6. The predicted molar refractivity (Wildman–Crippen MR) is 127 cm³/mol. The molecule has 0 aromatic heterocycles. The standard InChI is InChI=1S/C23H40N4O8/c28-18(10-12-22(32)33)26-16-20(30)24-14-8-6-4-2-1-3-5-7-9-15-25-21(31)17-27-19(29)11-13-23(34)35/h1-17H2,(H,24,30)(H,25,31)(H,26,28)(H,27,29)(H,32,33)(H,34,35). The van der Waals surface area contributed by atoms with Crippen LogP contribution in [0.5, 0.6) is 0 Å². The molecule has 200 valence electrons. The Morgan fingerprint density at radius 2 is 0.714 bits per heavy atom. The van der Waals surface area contributed by atoms with Crippen molar-refractivity contribution >= 4 is 35.6 Å². The first-order valence-corrected chi connectivity index (χ1v) is 12.2. The summed E-state index contributed by atoms with van der Waals surface area (Å²) in [6.45, 7) is 0.795. The highest BCUT2D eigenvalue weighted by molar-refractivity contribution is 5.86. The zero-order chi connectivity index (χ0) is 26.3. The Labute approximate surface area is 206 Å². The van der Waals surface area contributed by atoms with Gasteiger partial charge in [-0.3, -0.25) is 28.8 Å². The van der Waals surface area contributed by atoms with E-state index in [0.29, 0.717) is 13.1 Å². The van der Waals surface area contributed by atoms with Gasteiger partial charge in [-0.05, 0) is 12.8 Å². The average molecular weight is 501 g/mol. The van der Waals surface area contributed by atoms with E-state index in [1.807, 2.05) is 0 Å². The van der Waals surface area contributed by atoms with Gasteiger partial charge in [0, 0.05) is 25.9 Å². The third-order valence-corrected chi connectivity index (χ3v) is 5.02. The van der Waals surface area contributed by atoms with Gasteiger partial charge in [0.05, 0.1) is 25.9 Å². The molecule has 0 aliphatic rings. The molecule has 0 fully saturated rings. The Balaban J connectivity index is 3.39. The monoisotopic (exact) mass is 500 g/mol. The zero-order valence-corrected chi connectivity index (χ0v) is 20.4. The molecule has 0 spiro atoms. The van der Waals surface area contributed by atoms with Crippen molar-refractivity contribution in [3.8, 4) is 0 Å². The number of carboxylic acids is 2. The van der Waals surface area contributed by atoms with E-state index in [1.54, 1.807) is 0 Å². The summed E-state index contributed by atoms with van der Waals surface area (Å²) in [5.41, 5.74) is 0. The molecule has 6 N–H and O–H groups in total. The van der Waals surface area contributed by atoms with E-state index in [0.717, 1.165) is 57.8 Å². The smallest absolute Gasteiger partial charge is 0.303 e. The van der Waals surface area contributed by atoms with Crippen LogP contribution in [-0.2, 0) is 28.8 Å². The molecule has 0 aliphatic carbocycles. The van der Waals surface area contributed by atoms with Crippen LogP contribution in [0.15, 0.2) is 0 Å². The van der Waals surface area contributed by atoms with Gasteiger partial charge in [-0.1, -0.05) is 44.9 Å². The highest BCUT2D eigenvalue weighted by atomic mass is 16.4. The Kier molecular flexibility index (Phi) is 19.4. The number of nitrogens with one attached hydrogen (secondary N) is 4. The highest BCUT2D eigenvalue weighted by Gasteiger charge is 2.08. The minimum atomic E-state index is -1.05. The number of unbranched alkanes of at least 4 members (excludes halogenated alkanes) is 8. The second-order valence-electron chi connectivity index (χ2n) is 8.22. The Morgan fingerprint density at radius 3 is 1.03 bits per heavy atom. The molecule has 0 aromatic rings. The van der Waals surface area contributed by atoms with Gasteiger partial charge >= 0.3 is 11.9 Å². The van der Waals surface area contributed by atoms with Crippen molar-refractivity contribution in [2.24, 2.45) is 0 Å². The SMILES string of the molecule is O=C(O)CCC(=O)NCC(=O)NCCCCCCCCCCCNC(=O)CNC(=O)CCC(=O)O. The Morgan fingerprint density at radius 1 is 0.400 bits per heavy atom. The van der Waals surface area contributed by atoms with Gasteiger partial charge in [0.15, 0.2) is 0 Å². The van der Waals surface area contributed by atoms with Crippen molar-refractivity contribution in [2.75, 3.05) is 26.2 Å². The first kappa shape index (κ1) is 31.8. The van der Waals surface area contributed by atoms with Crippen molar-refractivity contribution in [3.05, 3.63) is 0 Å². The molecule has 0 saturated heterocycles. The molecule has 12 nitrogen and oxygen atoms in total. The first-order valence-electron chi connectivity index (χ1n) is 12.2. The minimum Gasteiger partial charge on any atom is -0.481 e. The van der Waals surface area contributed by atoms with Crippen LogP contribution in [-0.4, -0.2) is 72.0 Å². The maximum Gasteiger partial charge on any atom is 0.303 e. The van der Waals surface area contributed by atoms with Crippen LogP contribution < -0.4 is 21.3 Å². The number of carboxylic acid groups (broad SMARTS) is 2. The molecule has 12 heteroatoms. The molecule has 0 heterocycles. The summed E-state index contributed by atoms with van der Waals surface area (Å²) < 4.78 is 0. The fourth-order valence-electron chi connectivity index (χ4n) is 3.04. The number of hydrogen-bond donors (Lipinski definition) is 6. The fraction of sp³-hybridized carbons (Fsp3) is 0.739. The summed E-state index contributed by atoms with van der Waals surface area (Å²) in [5.74, 6) is -3.59. The van der Waals surface area contributed by atoms with E-state index in [9.17, 15) is 28.8 Å². The van der Waals surface area contributed by atoms with Crippen LogP contribution in [0.25, 0.3) is 0 Å². The van der Waals surface area contributed by atoms with Gasteiger partial charge in [0.2, 0.25) is 23.6 Å². The van der Waals surface area contributed by atoms with E-state index in [-0.39, 0.29) is 50.6 Å². The van der Waals surface area contributed by atoms with Crippen molar-refractivity contribution in [1.82, 2.24) is 21.3 Å². The molecular weight excluding hydrogens is 460 g/mol. The number of carbonyl (C=O) groups excluding carboxylic acids is 4. The highest BCUT2D eigenvalue weighted by Crippen LogP contribution is 2.09. The number of carbonyl (C=O) groups is 6. The zero-order valence-electron chi connectivity index (χ0n) is 20.4. The first-order chi connectivity index (χ1) is 16.7. The lowest BCUT2D eigenvalue weighted by Crippen LogP contribution is -2.37.